The normalized spacial score (nSPS) is 11.6. The lowest BCUT2D eigenvalue weighted by molar-refractivity contribution is 0.390. The van der Waals surface area contributed by atoms with Crippen LogP contribution in [0, 0.1) is 5.41 Å². The Hall–Kier alpha value is -1.48. The molecular formula is C15H20ClN3. The Morgan fingerprint density at radius 3 is 2.68 bits per heavy atom. The Kier molecular flexibility index (Phi) is 4.15. The lowest BCUT2D eigenvalue weighted by atomic mass is 9.92. The van der Waals surface area contributed by atoms with Crippen LogP contribution in [-0.2, 0) is 0 Å². The molecular weight excluding hydrogens is 258 g/mol. The van der Waals surface area contributed by atoms with Crippen LogP contribution in [0.5, 0.6) is 0 Å². The van der Waals surface area contributed by atoms with Gasteiger partial charge in [-0.3, -0.25) is 0 Å². The van der Waals surface area contributed by atoms with Gasteiger partial charge in [0.05, 0.1) is 10.7 Å². The van der Waals surface area contributed by atoms with Crippen LogP contribution in [-0.4, -0.2) is 16.3 Å². The molecule has 19 heavy (non-hydrogen) atoms. The van der Waals surface area contributed by atoms with Gasteiger partial charge in [-0.25, -0.2) is 4.68 Å². The molecule has 2 aromatic rings. The SMILES string of the molecule is CC(C)(C)CCNc1cccc(Cl)c1-n1cccn1. The second-order valence-corrected chi connectivity index (χ2v) is 6.23. The molecule has 102 valence electrons. The largest absolute Gasteiger partial charge is 0.383 e. The molecule has 1 heterocycles. The number of hydrogen-bond acceptors (Lipinski definition) is 2. The maximum Gasteiger partial charge on any atom is 0.106 e. The van der Waals surface area contributed by atoms with Crippen molar-refractivity contribution in [3.05, 3.63) is 41.7 Å². The van der Waals surface area contributed by atoms with E-state index in [9.17, 15) is 0 Å². The summed E-state index contributed by atoms with van der Waals surface area (Å²) in [5.74, 6) is 0. The van der Waals surface area contributed by atoms with E-state index >= 15 is 0 Å². The van der Waals surface area contributed by atoms with Gasteiger partial charge in [-0.05, 0) is 30.0 Å². The van der Waals surface area contributed by atoms with E-state index in [0.29, 0.717) is 10.4 Å². The summed E-state index contributed by atoms with van der Waals surface area (Å²) in [4.78, 5) is 0. The van der Waals surface area contributed by atoms with Gasteiger partial charge < -0.3 is 5.32 Å². The summed E-state index contributed by atoms with van der Waals surface area (Å²) in [7, 11) is 0. The average Bonchev–Trinajstić information content (AvgIpc) is 2.80. The number of benzene rings is 1. The van der Waals surface area contributed by atoms with Gasteiger partial charge in [-0.1, -0.05) is 38.4 Å². The van der Waals surface area contributed by atoms with Crippen LogP contribution in [0.2, 0.25) is 5.02 Å². The molecule has 0 bridgehead atoms. The summed E-state index contributed by atoms with van der Waals surface area (Å²) in [6.07, 6.45) is 4.75. The molecule has 3 nitrogen and oxygen atoms in total. The third kappa shape index (κ3) is 3.74. The van der Waals surface area contributed by atoms with E-state index in [1.165, 1.54) is 0 Å². The number of para-hydroxylation sites is 1. The van der Waals surface area contributed by atoms with Gasteiger partial charge in [-0.15, -0.1) is 0 Å². The van der Waals surface area contributed by atoms with Gasteiger partial charge in [0.25, 0.3) is 0 Å². The van der Waals surface area contributed by atoms with Crippen molar-refractivity contribution in [2.75, 3.05) is 11.9 Å². The fourth-order valence-electron chi connectivity index (χ4n) is 1.86. The van der Waals surface area contributed by atoms with Gasteiger partial charge >= 0.3 is 0 Å². The molecule has 4 heteroatoms. The molecule has 2 rings (SSSR count). The molecule has 1 N–H and O–H groups in total. The molecule has 1 aromatic heterocycles. The summed E-state index contributed by atoms with van der Waals surface area (Å²) >= 11 is 6.29. The summed E-state index contributed by atoms with van der Waals surface area (Å²) in [5.41, 5.74) is 2.24. The minimum atomic E-state index is 0.317. The van der Waals surface area contributed by atoms with E-state index in [4.69, 9.17) is 11.6 Å². The third-order valence-electron chi connectivity index (χ3n) is 2.91. The van der Waals surface area contributed by atoms with Crippen molar-refractivity contribution >= 4 is 17.3 Å². The second-order valence-electron chi connectivity index (χ2n) is 5.82. The summed E-state index contributed by atoms with van der Waals surface area (Å²) in [5, 5.41) is 8.41. The molecule has 0 atom stereocenters. The highest BCUT2D eigenvalue weighted by Crippen LogP contribution is 2.28. The van der Waals surface area contributed by atoms with Crippen molar-refractivity contribution in [2.24, 2.45) is 5.41 Å². The lowest BCUT2D eigenvalue weighted by Gasteiger charge is -2.20. The first-order chi connectivity index (χ1) is 8.97. The first-order valence-corrected chi connectivity index (χ1v) is 6.87. The quantitative estimate of drug-likeness (QED) is 0.899. The smallest absolute Gasteiger partial charge is 0.106 e. The number of halogens is 1. The molecule has 0 spiro atoms. The van der Waals surface area contributed by atoms with Gasteiger partial charge in [0, 0.05) is 18.9 Å². The fraction of sp³-hybridized carbons (Fsp3) is 0.400. The van der Waals surface area contributed by atoms with E-state index in [0.717, 1.165) is 24.3 Å². The van der Waals surface area contributed by atoms with Crippen molar-refractivity contribution in [1.82, 2.24) is 9.78 Å². The second kappa shape index (κ2) is 5.66. The molecule has 0 saturated carbocycles. The molecule has 0 saturated heterocycles. The van der Waals surface area contributed by atoms with Crippen LogP contribution in [0.1, 0.15) is 27.2 Å². The number of aromatic nitrogens is 2. The highest BCUT2D eigenvalue weighted by atomic mass is 35.5. The van der Waals surface area contributed by atoms with Crippen molar-refractivity contribution in [1.29, 1.82) is 0 Å². The van der Waals surface area contributed by atoms with E-state index in [2.05, 4.69) is 31.2 Å². The summed E-state index contributed by atoms with van der Waals surface area (Å²) in [6, 6.07) is 7.76. The predicted molar refractivity (Wildman–Crippen MR) is 81.1 cm³/mol. The molecule has 0 amide bonds. The van der Waals surface area contributed by atoms with E-state index in [1.54, 1.807) is 10.9 Å². The van der Waals surface area contributed by atoms with Crippen LogP contribution in [0.4, 0.5) is 5.69 Å². The van der Waals surface area contributed by atoms with Crippen molar-refractivity contribution in [2.45, 2.75) is 27.2 Å². The maximum atomic E-state index is 6.29. The molecule has 1 aromatic carbocycles. The highest BCUT2D eigenvalue weighted by Gasteiger charge is 2.12. The Morgan fingerprint density at radius 1 is 1.26 bits per heavy atom. The van der Waals surface area contributed by atoms with Crippen molar-refractivity contribution in [3.63, 3.8) is 0 Å². The van der Waals surface area contributed by atoms with Gasteiger partial charge in [0.2, 0.25) is 0 Å². The zero-order valence-corrected chi connectivity index (χ0v) is 12.4. The van der Waals surface area contributed by atoms with E-state index in [1.807, 2.05) is 30.5 Å². The molecule has 0 fully saturated rings. The third-order valence-corrected chi connectivity index (χ3v) is 3.22. The number of anilines is 1. The zero-order chi connectivity index (χ0) is 13.9. The first kappa shape index (κ1) is 13.9. The highest BCUT2D eigenvalue weighted by molar-refractivity contribution is 6.33. The van der Waals surface area contributed by atoms with Gasteiger partial charge in [0.15, 0.2) is 0 Å². The molecule has 0 aliphatic heterocycles. The lowest BCUT2D eigenvalue weighted by Crippen LogP contribution is -2.14. The van der Waals surface area contributed by atoms with Crippen LogP contribution >= 0.6 is 11.6 Å². The minimum absolute atomic E-state index is 0.317. The van der Waals surface area contributed by atoms with E-state index < -0.39 is 0 Å². The Bertz CT molecular complexity index is 527. The van der Waals surface area contributed by atoms with Crippen LogP contribution in [0.15, 0.2) is 36.7 Å². The minimum Gasteiger partial charge on any atom is -0.383 e. The monoisotopic (exact) mass is 277 g/mol. The van der Waals surface area contributed by atoms with Crippen molar-refractivity contribution in [3.8, 4) is 5.69 Å². The molecule has 0 aliphatic carbocycles. The van der Waals surface area contributed by atoms with E-state index in [-0.39, 0.29) is 0 Å². The number of nitrogens with zero attached hydrogens (tertiary/aromatic N) is 2. The molecule has 0 aliphatic rings. The number of nitrogens with one attached hydrogen (secondary N) is 1. The maximum absolute atomic E-state index is 6.29. The number of hydrogen-bond donors (Lipinski definition) is 1. The molecule has 0 radical (unpaired) electrons. The van der Waals surface area contributed by atoms with Crippen LogP contribution in [0.3, 0.4) is 0 Å². The number of rotatable bonds is 4. The first-order valence-electron chi connectivity index (χ1n) is 6.50. The summed E-state index contributed by atoms with van der Waals surface area (Å²) < 4.78 is 1.79. The average molecular weight is 278 g/mol. The summed E-state index contributed by atoms with van der Waals surface area (Å²) in [6.45, 7) is 7.63. The van der Waals surface area contributed by atoms with Gasteiger partial charge in [-0.2, -0.15) is 5.10 Å². The van der Waals surface area contributed by atoms with Crippen molar-refractivity contribution < 1.29 is 0 Å². The Balaban J connectivity index is 2.19. The predicted octanol–water partition coefficient (Wildman–Crippen LogP) is 4.37. The molecule has 0 unspecified atom stereocenters. The zero-order valence-electron chi connectivity index (χ0n) is 11.7. The van der Waals surface area contributed by atoms with Crippen LogP contribution in [0.25, 0.3) is 5.69 Å². The fourth-order valence-corrected chi connectivity index (χ4v) is 2.13. The Morgan fingerprint density at radius 2 is 2.05 bits per heavy atom. The van der Waals surface area contributed by atoms with Crippen LogP contribution < -0.4 is 5.32 Å². The topological polar surface area (TPSA) is 29.9 Å². The standard InChI is InChI=1S/C15H20ClN3/c1-15(2,3)8-10-17-13-7-4-6-12(16)14(13)19-11-5-9-18-19/h4-7,9,11,17H,8,10H2,1-3H3. The van der Waals surface area contributed by atoms with Gasteiger partial charge in [0.1, 0.15) is 5.69 Å². The Labute approximate surface area is 119 Å².